The molecule has 8 atom stereocenters. The van der Waals surface area contributed by atoms with E-state index >= 15 is 0 Å². The lowest BCUT2D eigenvalue weighted by molar-refractivity contribution is -0.101. The van der Waals surface area contributed by atoms with Crippen LogP contribution in [0.5, 0.6) is 0 Å². The van der Waals surface area contributed by atoms with Gasteiger partial charge in [0.25, 0.3) is 0 Å². The van der Waals surface area contributed by atoms with Gasteiger partial charge in [0.15, 0.2) is 0 Å². The molecular formula is C27H47Br. The molecule has 0 aliphatic heterocycles. The summed E-state index contributed by atoms with van der Waals surface area (Å²) in [6, 6.07) is 0. The van der Waals surface area contributed by atoms with Crippen molar-refractivity contribution in [2.75, 3.05) is 0 Å². The number of halogens is 1. The third-order valence-corrected chi connectivity index (χ3v) is 12.6. The van der Waals surface area contributed by atoms with Crippen LogP contribution in [-0.4, -0.2) is 4.32 Å². The molecule has 0 amide bonds. The van der Waals surface area contributed by atoms with Gasteiger partial charge in [-0.1, -0.05) is 82.7 Å². The summed E-state index contributed by atoms with van der Waals surface area (Å²) >= 11 is 4.35. The zero-order valence-corrected chi connectivity index (χ0v) is 21.1. The van der Waals surface area contributed by atoms with Crippen LogP contribution < -0.4 is 0 Å². The third kappa shape index (κ3) is 3.36. The average molecular weight is 452 g/mol. The van der Waals surface area contributed by atoms with E-state index in [0.29, 0.717) is 15.2 Å². The Kier molecular flexibility index (Phi) is 6.10. The topological polar surface area (TPSA) is 0 Å². The highest BCUT2D eigenvalue weighted by atomic mass is 79.9. The molecule has 28 heavy (non-hydrogen) atoms. The summed E-state index contributed by atoms with van der Waals surface area (Å²) in [6.45, 7) is 12.8. The molecule has 4 fully saturated rings. The molecule has 0 N–H and O–H groups in total. The van der Waals surface area contributed by atoms with Crippen LogP contribution in [-0.2, 0) is 0 Å². The molecule has 4 aliphatic carbocycles. The van der Waals surface area contributed by atoms with E-state index in [0.717, 1.165) is 35.5 Å². The zero-order valence-electron chi connectivity index (χ0n) is 19.5. The quantitative estimate of drug-likeness (QED) is 0.366. The fourth-order valence-electron chi connectivity index (χ4n) is 9.24. The molecule has 0 unspecified atom stereocenters. The zero-order chi connectivity index (χ0) is 20.2. The lowest BCUT2D eigenvalue weighted by Gasteiger charge is -2.64. The van der Waals surface area contributed by atoms with Crippen LogP contribution in [0.4, 0.5) is 0 Å². The van der Waals surface area contributed by atoms with Crippen molar-refractivity contribution in [2.24, 2.45) is 46.3 Å². The highest BCUT2D eigenvalue weighted by Crippen LogP contribution is 2.70. The van der Waals surface area contributed by atoms with Gasteiger partial charge < -0.3 is 0 Å². The van der Waals surface area contributed by atoms with Gasteiger partial charge in [0, 0.05) is 4.32 Å². The number of fused-ring (bicyclic) bond motifs is 5. The second-order valence-corrected chi connectivity index (χ2v) is 14.1. The molecule has 0 spiro atoms. The van der Waals surface area contributed by atoms with E-state index in [1.54, 1.807) is 6.42 Å². The van der Waals surface area contributed by atoms with E-state index in [1.807, 2.05) is 0 Å². The van der Waals surface area contributed by atoms with Crippen molar-refractivity contribution >= 4 is 15.9 Å². The summed E-state index contributed by atoms with van der Waals surface area (Å²) in [5.41, 5.74) is 1.21. The van der Waals surface area contributed by atoms with E-state index in [4.69, 9.17) is 0 Å². The molecule has 0 saturated heterocycles. The van der Waals surface area contributed by atoms with Crippen molar-refractivity contribution in [3.8, 4) is 0 Å². The standard InChI is InChI=1S/C27H47Br/c1-19(2)9-8-10-20(3)22-11-12-23-21-13-18-27(28)16-7-6-15-26(27,5)24(21)14-17-25(22,23)4/h19-24H,6-18H2,1-5H3/t20-,21+,22-,23+,24+,25-,26-,27+/m1/s1. The third-order valence-electron chi connectivity index (χ3n) is 10.9. The summed E-state index contributed by atoms with van der Waals surface area (Å²) < 4.78 is 0.468. The predicted molar refractivity (Wildman–Crippen MR) is 126 cm³/mol. The molecule has 4 aliphatic rings. The second-order valence-electron chi connectivity index (χ2n) is 12.5. The molecular weight excluding hydrogens is 404 g/mol. The Balaban J connectivity index is 1.49. The van der Waals surface area contributed by atoms with Crippen molar-refractivity contribution < 1.29 is 0 Å². The predicted octanol–water partition coefficient (Wildman–Crippen LogP) is 9.02. The summed E-state index contributed by atoms with van der Waals surface area (Å²) in [5, 5.41) is 0. The van der Waals surface area contributed by atoms with Crippen molar-refractivity contribution in [3.05, 3.63) is 0 Å². The maximum Gasteiger partial charge on any atom is 0.0314 e. The molecule has 1 heteroatoms. The minimum absolute atomic E-state index is 0.468. The molecule has 0 radical (unpaired) electrons. The van der Waals surface area contributed by atoms with Crippen LogP contribution >= 0.6 is 15.9 Å². The number of rotatable bonds is 5. The lowest BCUT2D eigenvalue weighted by Crippen LogP contribution is -2.58. The minimum atomic E-state index is 0.468. The monoisotopic (exact) mass is 450 g/mol. The van der Waals surface area contributed by atoms with Crippen molar-refractivity contribution in [1.29, 1.82) is 0 Å². The van der Waals surface area contributed by atoms with Crippen molar-refractivity contribution in [3.63, 3.8) is 0 Å². The molecule has 0 heterocycles. The number of alkyl halides is 1. The summed E-state index contributed by atoms with van der Waals surface area (Å²) in [7, 11) is 0. The largest absolute Gasteiger partial charge is 0.0847 e. The van der Waals surface area contributed by atoms with Crippen molar-refractivity contribution in [2.45, 2.75) is 122 Å². The van der Waals surface area contributed by atoms with Gasteiger partial charge in [0.05, 0.1) is 0 Å². The minimum Gasteiger partial charge on any atom is -0.0847 e. The molecule has 0 bridgehead atoms. The first kappa shape index (κ1) is 21.7. The normalized spacial score (nSPS) is 49.4. The van der Waals surface area contributed by atoms with E-state index in [2.05, 4.69) is 50.5 Å². The van der Waals surface area contributed by atoms with Crippen LogP contribution in [0.25, 0.3) is 0 Å². The maximum atomic E-state index is 4.35. The van der Waals surface area contributed by atoms with E-state index in [9.17, 15) is 0 Å². The first-order valence-corrected chi connectivity index (χ1v) is 13.7. The van der Waals surface area contributed by atoms with Crippen LogP contribution in [0.3, 0.4) is 0 Å². The summed E-state index contributed by atoms with van der Waals surface area (Å²) in [4.78, 5) is 0. The average Bonchev–Trinajstić information content (AvgIpc) is 2.99. The van der Waals surface area contributed by atoms with Crippen LogP contribution in [0, 0.1) is 46.3 Å². The Bertz CT molecular complexity index is 554. The van der Waals surface area contributed by atoms with Gasteiger partial charge in [-0.15, -0.1) is 0 Å². The van der Waals surface area contributed by atoms with Gasteiger partial charge >= 0.3 is 0 Å². The summed E-state index contributed by atoms with van der Waals surface area (Å²) in [5.74, 6) is 5.86. The smallest absolute Gasteiger partial charge is 0.0314 e. The molecule has 4 saturated carbocycles. The Morgan fingerprint density at radius 1 is 0.821 bits per heavy atom. The van der Waals surface area contributed by atoms with Crippen LogP contribution in [0.1, 0.15) is 118 Å². The van der Waals surface area contributed by atoms with E-state index < -0.39 is 0 Å². The Labute approximate surface area is 184 Å². The maximum absolute atomic E-state index is 4.35. The first-order valence-electron chi connectivity index (χ1n) is 12.9. The molecule has 0 aromatic rings. The van der Waals surface area contributed by atoms with Gasteiger partial charge in [0.2, 0.25) is 0 Å². The van der Waals surface area contributed by atoms with Gasteiger partial charge in [-0.05, 0) is 97.7 Å². The van der Waals surface area contributed by atoms with Crippen molar-refractivity contribution in [1.82, 2.24) is 0 Å². The fourth-order valence-corrected chi connectivity index (χ4v) is 10.2. The number of hydrogen-bond donors (Lipinski definition) is 0. The van der Waals surface area contributed by atoms with Crippen LogP contribution in [0.2, 0.25) is 0 Å². The summed E-state index contributed by atoms with van der Waals surface area (Å²) in [6.07, 6.45) is 19.3. The van der Waals surface area contributed by atoms with Gasteiger partial charge in [-0.25, -0.2) is 0 Å². The van der Waals surface area contributed by atoms with E-state index in [-0.39, 0.29) is 0 Å². The molecule has 162 valence electrons. The van der Waals surface area contributed by atoms with Crippen LogP contribution in [0.15, 0.2) is 0 Å². The molecule has 0 nitrogen and oxygen atoms in total. The first-order chi connectivity index (χ1) is 13.2. The van der Waals surface area contributed by atoms with Gasteiger partial charge in [0.1, 0.15) is 0 Å². The Hall–Kier alpha value is 0.480. The second kappa shape index (κ2) is 7.87. The highest BCUT2D eigenvalue weighted by Gasteiger charge is 2.63. The van der Waals surface area contributed by atoms with Gasteiger partial charge in [-0.3, -0.25) is 0 Å². The molecule has 4 rings (SSSR count). The molecule has 0 aromatic carbocycles. The molecule has 0 aromatic heterocycles. The Morgan fingerprint density at radius 2 is 1.57 bits per heavy atom. The van der Waals surface area contributed by atoms with Gasteiger partial charge in [-0.2, -0.15) is 0 Å². The fraction of sp³-hybridized carbons (Fsp3) is 1.00. The highest BCUT2D eigenvalue weighted by molar-refractivity contribution is 9.10. The number of hydrogen-bond acceptors (Lipinski definition) is 0. The Morgan fingerprint density at radius 3 is 2.32 bits per heavy atom. The lowest BCUT2D eigenvalue weighted by atomic mass is 9.44. The van der Waals surface area contributed by atoms with E-state index in [1.165, 1.54) is 77.0 Å². The SMILES string of the molecule is CC(C)CCC[C@@H](C)[C@H]1CC[C@H]2[C@@H]3CC[C@@]4(Br)CCCC[C@]4(C)[C@H]3CC[C@]12C.